The first-order valence-corrected chi connectivity index (χ1v) is 8.54. The molecule has 0 spiro atoms. The maximum absolute atomic E-state index is 5.94. The van der Waals surface area contributed by atoms with Crippen LogP contribution in [0.1, 0.15) is 12.0 Å². The fraction of sp³-hybridized carbons (Fsp3) is 0.368. The van der Waals surface area contributed by atoms with E-state index in [1.807, 2.05) is 41.2 Å². The molecular formula is C19H22N4O2. The molecule has 0 N–H and O–H groups in total. The molecule has 0 bridgehead atoms. The molecule has 0 amide bonds. The fourth-order valence-electron chi connectivity index (χ4n) is 3.43. The maximum Gasteiger partial charge on any atom is 0.137 e. The summed E-state index contributed by atoms with van der Waals surface area (Å²) in [5.74, 6) is 0.805. The van der Waals surface area contributed by atoms with Crippen LogP contribution in [0.3, 0.4) is 0 Å². The molecule has 0 radical (unpaired) electrons. The second-order valence-corrected chi connectivity index (χ2v) is 6.38. The highest BCUT2D eigenvalue weighted by atomic mass is 16.5. The Morgan fingerprint density at radius 1 is 1.20 bits per heavy atom. The van der Waals surface area contributed by atoms with Gasteiger partial charge >= 0.3 is 0 Å². The van der Waals surface area contributed by atoms with Gasteiger partial charge in [0.05, 0.1) is 24.0 Å². The molecular weight excluding hydrogens is 316 g/mol. The van der Waals surface area contributed by atoms with Crippen molar-refractivity contribution in [2.24, 2.45) is 0 Å². The predicted octanol–water partition coefficient (Wildman–Crippen LogP) is 2.40. The summed E-state index contributed by atoms with van der Waals surface area (Å²) in [6.07, 6.45) is 8.64. The number of nitrogens with zero attached hydrogens (tertiary/aromatic N) is 4. The van der Waals surface area contributed by atoms with Crippen molar-refractivity contribution >= 4 is 5.52 Å². The molecule has 1 aliphatic heterocycles. The average molecular weight is 338 g/mol. The van der Waals surface area contributed by atoms with Gasteiger partial charge in [0.1, 0.15) is 12.4 Å². The van der Waals surface area contributed by atoms with Crippen molar-refractivity contribution in [3.05, 3.63) is 60.7 Å². The van der Waals surface area contributed by atoms with E-state index in [4.69, 9.17) is 9.47 Å². The summed E-state index contributed by atoms with van der Waals surface area (Å²) >= 11 is 0. The summed E-state index contributed by atoms with van der Waals surface area (Å²) in [6, 6.07) is 10.3. The number of fused-ring (bicyclic) bond motifs is 1. The molecule has 130 valence electrons. The lowest BCUT2D eigenvalue weighted by atomic mass is 10.2. The van der Waals surface area contributed by atoms with E-state index in [0.717, 1.165) is 30.8 Å². The minimum absolute atomic E-state index is 0.240. The second-order valence-electron chi connectivity index (χ2n) is 6.38. The number of rotatable bonds is 6. The molecule has 3 aromatic heterocycles. The highest BCUT2D eigenvalue weighted by molar-refractivity contribution is 5.53. The lowest BCUT2D eigenvalue weighted by Gasteiger charge is -2.23. The Hall–Kier alpha value is -2.44. The van der Waals surface area contributed by atoms with E-state index >= 15 is 0 Å². The predicted molar refractivity (Wildman–Crippen MR) is 94.5 cm³/mol. The van der Waals surface area contributed by atoms with Crippen LogP contribution in [-0.4, -0.2) is 51.9 Å². The number of pyridine rings is 2. The normalized spacial score (nSPS) is 21.0. The van der Waals surface area contributed by atoms with Gasteiger partial charge in [0.15, 0.2) is 0 Å². The molecule has 1 aliphatic rings. The zero-order valence-corrected chi connectivity index (χ0v) is 14.3. The van der Waals surface area contributed by atoms with E-state index in [9.17, 15) is 0 Å². The standard InChI is InChI=1S/C19H22N4O2/c1-24-18-9-16(14-25-17-5-4-7-20-11-17)22(13-18)12-15-10-21-23-8-3-2-6-19(15)23/h2-8,10-11,16,18H,9,12-14H2,1H3/t16-,18+/m0/s1. The van der Waals surface area contributed by atoms with Crippen LogP contribution in [0.2, 0.25) is 0 Å². The summed E-state index contributed by atoms with van der Waals surface area (Å²) in [4.78, 5) is 6.53. The van der Waals surface area contributed by atoms with Crippen LogP contribution in [0.5, 0.6) is 5.75 Å². The van der Waals surface area contributed by atoms with Crippen molar-refractivity contribution in [3.63, 3.8) is 0 Å². The lowest BCUT2D eigenvalue weighted by Crippen LogP contribution is -2.33. The van der Waals surface area contributed by atoms with Crippen molar-refractivity contribution in [3.8, 4) is 5.75 Å². The summed E-state index contributed by atoms with van der Waals surface area (Å²) in [7, 11) is 1.78. The van der Waals surface area contributed by atoms with Crippen LogP contribution < -0.4 is 4.74 Å². The highest BCUT2D eigenvalue weighted by Gasteiger charge is 2.33. The zero-order valence-electron chi connectivity index (χ0n) is 14.3. The van der Waals surface area contributed by atoms with Gasteiger partial charge in [0.25, 0.3) is 0 Å². The molecule has 3 aromatic rings. The van der Waals surface area contributed by atoms with Crippen LogP contribution in [0, 0.1) is 0 Å². The first kappa shape index (κ1) is 16.1. The molecule has 0 unspecified atom stereocenters. The minimum Gasteiger partial charge on any atom is -0.490 e. The van der Waals surface area contributed by atoms with E-state index in [0.29, 0.717) is 12.6 Å². The largest absolute Gasteiger partial charge is 0.490 e. The average Bonchev–Trinajstić information content (AvgIpc) is 3.25. The molecule has 0 aromatic carbocycles. The smallest absolute Gasteiger partial charge is 0.137 e. The van der Waals surface area contributed by atoms with Crippen molar-refractivity contribution in [1.82, 2.24) is 19.5 Å². The van der Waals surface area contributed by atoms with Gasteiger partial charge in [-0.25, -0.2) is 4.52 Å². The SMILES string of the molecule is CO[C@@H]1C[C@@H](COc2cccnc2)N(Cc2cnn3ccccc23)C1. The molecule has 1 saturated heterocycles. The Kier molecular flexibility index (Phi) is 4.63. The van der Waals surface area contributed by atoms with E-state index in [2.05, 4.69) is 21.0 Å². The third-order valence-corrected chi connectivity index (χ3v) is 4.78. The van der Waals surface area contributed by atoms with Gasteiger partial charge < -0.3 is 9.47 Å². The lowest BCUT2D eigenvalue weighted by molar-refractivity contribution is 0.107. The Balaban J connectivity index is 1.47. The van der Waals surface area contributed by atoms with Crippen molar-refractivity contribution in [1.29, 1.82) is 0 Å². The number of hydrogen-bond acceptors (Lipinski definition) is 5. The molecule has 4 rings (SSSR count). The van der Waals surface area contributed by atoms with Gasteiger partial charge in [-0.1, -0.05) is 6.07 Å². The van der Waals surface area contributed by atoms with Crippen molar-refractivity contribution in [2.45, 2.75) is 25.1 Å². The van der Waals surface area contributed by atoms with E-state index < -0.39 is 0 Å². The summed E-state index contributed by atoms with van der Waals surface area (Å²) in [5, 5.41) is 4.44. The molecule has 6 nitrogen and oxygen atoms in total. The van der Waals surface area contributed by atoms with Gasteiger partial charge in [0.2, 0.25) is 0 Å². The van der Waals surface area contributed by atoms with Gasteiger partial charge in [0, 0.05) is 44.2 Å². The van der Waals surface area contributed by atoms with Gasteiger partial charge in [-0.15, -0.1) is 0 Å². The Bertz CT molecular complexity index is 820. The molecule has 1 fully saturated rings. The van der Waals surface area contributed by atoms with Crippen LogP contribution in [0.25, 0.3) is 5.52 Å². The Morgan fingerprint density at radius 3 is 3.00 bits per heavy atom. The third kappa shape index (κ3) is 3.50. The first-order valence-electron chi connectivity index (χ1n) is 8.54. The molecule has 2 atom stereocenters. The van der Waals surface area contributed by atoms with Crippen molar-refractivity contribution < 1.29 is 9.47 Å². The summed E-state index contributed by atoms with van der Waals surface area (Å²) in [5.41, 5.74) is 2.37. The van der Waals surface area contributed by atoms with Crippen LogP contribution in [0.15, 0.2) is 55.1 Å². The zero-order chi connectivity index (χ0) is 17.1. The number of methoxy groups -OCH3 is 1. The number of likely N-dealkylation sites (tertiary alicyclic amines) is 1. The topological polar surface area (TPSA) is 51.9 Å². The third-order valence-electron chi connectivity index (χ3n) is 4.78. The van der Waals surface area contributed by atoms with Gasteiger partial charge in [-0.2, -0.15) is 5.10 Å². The monoisotopic (exact) mass is 338 g/mol. The number of aromatic nitrogens is 3. The fourth-order valence-corrected chi connectivity index (χ4v) is 3.43. The number of ether oxygens (including phenoxy) is 2. The quantitative estimate of drug-likeness (QED) is 0.691. The van der Waals surface area contributed by atoms with Crippen LogP contribution in [0.4, 0.5) is 0 Å². The van der Waals surface area contributed by atoms with Gasteiger partial charge in [-0.3, -0.25) is 9.88 Å². The van der Waals surface area contributed by atoms with Gasteiger partial charge in [-0.05, 0) is 30.7 Å². The van der Waals surface area contributed by atoms with Crippen molar-refractivity contribution in [2.75, 3.05) is 20.3 Å². The highest BCUT2D eigenvalue weighted by Crippen LogP contribution is 2.24. The molecule has 0 aliphatic carbocycles. The molecule has 0 saturated carbocycles. The first-order chi connectivity index (χ1) is 12.3. The second kappa shape index (κ2) is 7.21. The van der Waals surface area contributed by atoms with E-state index in [-0.39, 0.29) is 6.10 Å². The number of hydrogen-bond donors (Lipinski definition) is 0. The summed E-state index contributed by atoms with van der Waals surface area (Å²) in [6.45, 7) is 2.38. The molecule has 6 heteroatoms. The van der Waals surface area contributed by atoms with Crippen LogP contribution in [-0.2, 0) is 11.3 Å². The Labute approximate surface area is 147 Å². The van der Waals surface area contributed by atoms with E-state index in [1.54, 1.807) is 19.5 Å². The summed E-state index contributed by atoms with van der Waals surface area (Å²) < 4.78 is 13.5. The van der Waals surface area contributed by atoms with Crippen LogP contribution >= 0.6 is 0 Å². The molecule has 25 heavy (non-hydrogen) atoms. The molecule has 4 heterocycles. The van der Waals surface area contributed by atoms with E-state index in [1.165, 1.54) is 5.56 Å². The maximum atomic E-state index is 5.94. The Morgan fingerprint density at radius 2 is 2.16 bits per heavy atom. The minimum atomic E-state index is 0.240.